The van der Waals surface area contributed by atoms with E-state index in [2.05, 4.69) is 13.8 Å². The topological polar surface area (TPSA) is 20.2 Å². The number of hydrogen-bond donors (Lipinski definition) is 1. The molecule has 0 aliphatic carbocycles. The third kappa shape index (κ3) is 6.67. The Morgan fingerprint density at radius 2 is 1.50 bits per heavy atom. The Kier molecular flexibility index (Phi) is 8.27. The Hall–Kier alpha value is 0.557. The molecule has 0 atom stereocenters. The van der Waals surface area contributed by atoms with Crippen LogP contribution in [-0.4, -0.2) is 10.7 Å². The first kappa shape index (κ1) is 13.2. The van der Waals surface area contributed by atoms with E-state index in [1.54, 1.807) is 0 Å². The number of aliphatic hydroxyl groups is 1. The van der Waals surface area contributed by atoms with Crippen LogP contribution in [-0.2, 0) is 0 Å². The zero-order valence-corrected chi connectivity index (χ0v) is 7.78. The van der Waals surface area contributed by atoms with E-state index in [1.165, 1.54) is 0 Å². The quantitative estimate of drug-likeness (QED) is 0.517. The summed E-state index contributed by atoms with van der Waals surface area (Å²) < 4.78 is 0. The normalized spacial score (nSPS) is 10.8. The minimum Gasteiger partial charge on any atom is -1.00 e. The molecule has 1 nitrogen and oxygen atoms in total. The van der Waals surface area contributed by atoms with Gasteiger partial charge in [-0.25, -0.2) is 0 Å². The second-order valence-corrected chi connectivity index (χ2v) is 3.00. The molecule has 0 aromatic heterocycles. The van der Waals surface area contributed by atoms with Crippen LogP contribution in [0.2, 0.25) is 0 Å². The SMILES string of the molecule is CCCC(C)(O)CCC.[H-].[Li+]. The zero-order chi connectivity index (χ0) is 7.33. The molecule has 0 aliphatic heterocycles. The van der Waals surface area contributed by atoms with Gasteiger partial charge in [0.15, 0.2) is 0 Å². The summed E-state index contributed by atoms with van der Waals surface area (Å²) in [5, 5.41) is 9.51. The predicted octanol–water partition coefficient (Wildman–Crippen LogP) is -0.546. The van der Waals surface area contributed by atoms with Crippen LogP contribution in [0.1, 0.15) is 47.9 Å². The molecule has 0 aliphatic rings. The Morgan fingerprint density at radius 1 is 1.20 bits per heavy atom. The molecule has 0 saturated heterocycles. The summed E-state index contributed by atoms with van der Waals surface area (Å²) >= 11 is 0. The molecule has 0 unspecified atom stereocenters. The van der Waals surface area contributed by atoms with Gasteiger partial charge in [0.1, 0.15) is 0 Å². The Balaban J connectivity index is -0.000000320. The van der Waals surface area contributed by atoms with Gasteiger partial charge in [-0.1, -0.05) is 26.7 Å². The van der Waals surface area contributed by atoms with E-state index >= 15 is 0 Å². The van der Waals surface area contributed by atoms with Crippen molar-refractivity contribution < 1.29 is 25.4 Å². The summed E-state index contributed by atoms with van der Waals surface area (Å²) in [6.45, 7) is 6.12. The van der Waals surface area contributed by atoms with Gasteiger partial charge in [-0.3, -0.25) is 0 Å². The second kappa shape index (κ2) is 6.28. The molecule has 0 fully saturated rings. The molecule has 0 radical (unpaired) electrons. The molecule has 0 bridgehead atoms. The van der Waals surface area contributed by atoms with Gasteiger partial charge in [-0.05, 0) is 19.8 Å². The summed E-state index contributed by atoms with van der Waals surface area (Å²) in [6.07, 6.45) is 4.02. The summed E-state index contributed by atoms with van der Waals surface area (Å²) in [4.78, 5) is 0. The molecule has 0 amide bonds. The van der Waals surface area contributed by atoms with Crippen LogP contribution >= 0.6 is 0 Å². The molecule has 0 spiro atoms. The Morgan fingerprint density at radius 3 is 1.70 bits per heavy atom. The van der Waals surface area contributed by atoms with Crippen molar-refractivity contribution in [2.45, 2.75) is 52.1 Å². The molecule has 0 aromatic rings. The maximum absolute atomic E-state index is 9.51. The molecule has 0 saturated carbocycles. The van der Waals surface area contributed by atoms with Crippen LogP contribution in [0.5, 0.6) is 0 Å². The van der Waals surface area contributed by atoms with Gasteiger partial charge >= 0.3 is 18.9 Å². The van der Waals surface area contributed by atoms with Crippen molar-refractivity contribution in [2.24, 2.45) is 0 Å². The standard InChI is InChI=1S/C8H18O.Li.H/c1-4-6-8(3,9)7-5-2;;/h9H,4-7H2,1-3H3;;/q;+1;-1. The predicted molar refractivity (Wildman–Crippen MR) is 41.6 cm³/mol. The van der Waals surface area contributed by atoms with E-state index < -0.39 is 5.60 Å². The van der Waals surface area contributed by atoms with E-state index in [0.29, 0.717) is 0 Å². The van der Waals surface area contributed by atoms with Crippen molar-refractivity contribution >= 4 is 0 Å². The first-order valence-electron chi connectivity index (χ1n) is 3.84. The van der Waals surface area contributed by atoms with E-state index in [9.17, 15) is 5.11 Å². The molecular formula is C8H19LiO. The monoisotopic (exact) mass is 138 g/mol. The first-order chi connectivity index (χ1) is 4.12. The van der Waals surface area contributed by atoms with Crippen LogP contribution in [0.4, 0.5) is 0 Å². The van der Waals surface area contributed by atoms with Crippen LogP contribution in [0, 0.1) is 0 Å². The Bertz CT molecular complexity index is 68.5. The Labute approximate surface area is 77.9 Å². The molecule has 58 valence electrons. The number of rotatable bonds is 4. The van der Waals surface area contributed by atoms with Crippen LogP contribution < -0.4 is 18.9 Å². The summed E-state index contributed by atoms with van der Waals surface area (Å²) in [5.41, 5.74) is -0.399. The molecular weight excluding hydrogens is 119 g/mol. The minimum absolute atomic E-state index is 0. The maximum atomic E-state index is 9.51. The zero-order valence-electron chi connectivity index (χ0n) is 8.78. The fourth-order valence-electron chi connectivity index (χ4n) is 1.20. The van der Waals surface area contributed by atoms with Crippen molar-refractivity contribution in [3.63, 3.8) is 0 Å². The summed E-state index contributed by atoms with van der Waals surface area (Å²) in [6, 6.07) is 0. The van der Waals surface area contributed by atoms with Gasteiger partial charge < -0.3 is 6.53 Å². The number of hydrogen-bond acceptors (Lipinski definition) is 1. The summed E-state index contributed by atoms with van der Waals surface area (Å²) in [5.74, 6) is 0. The van der Waals surface area contributed by atoms with E-state index in [-0.39, 0.29) is 20.3 Å². The van der Waals surface area contributed by atoms with Crippen molar-refractivity contribution in [3.8, 4) is 0 Å². The van der Waals surface area contributed by atoms with Crippen LogP contribution in [0.25, 0.3) is 0 Å². The van der Waals surface area contributed by atoms with E-state index in [1.807, 2.05) is 6.92 Å². The third-order valence-electron chi connectivity index (χ3n) is 1.58. The molecule has 0 aromatic carbocycles. The summed E-state index contributed by atoms with van der Waals surface area (Å²) in [7, 11) is 0. The molecule has 2 heteroatoms. The maximum Gasteiger partial charge on any atom is 1.00 e. The van der Waals surface area contributed by atoms with Gasteiger partial charge in [0.2, 0.25) is 0 Å². The van der Waals surface area contributed by atoms with Crippen molar-refractivity contribution in [1.29, 1.82) is 0 Å². The fraction of sp³-hybridized carbons (Fsp3) is 1.00. The molecule has 10 heavy (non-hydrogen) atoms. The molecule has 0 rings (SSSR count). The average molecular weight is 138 g/mol. The second-order valence-electron chi connectivity index (χ2n) is 3.00. The third-order valence-corrected chi connectivity index (χ3v) is 1.58. The van der Waals surface area contributed by atoms with Crippen molar-refractivity contribution in [2.75, 3.05) is 0 Å². The van der Waals surface area contributed by atoms with Gasteiger partial charge in [0.25, 0.3) is 0 Å². The molecule has 0 heterocycles. The van der Waals surface area contributed by atoms with Crippen molar-refractivity contribution in [3.05, 3.63) is 0 Å². The van der Waals surface area contributed by atoms with Crippen LogP contribution in [0.15, 0.2) is 0 Å². The minimum atomic E-state index is -0.399. The van der Waals surface area contributed by atoms with Gasteiger partial charge in [0, 0.05) is 0 Å². The van der Waals surface area contributed by atoms with Crippen molar-refractivity contribution in [1.82, 2.24) is 0 Å². The average Bonchev–Trinajstić information content (AvgIpc) is 1.64. The largest absolute Gasteiger partial charge is 1.00 e. The first-order valence-corrected chi connectivity index (χ1v) is 3.84. The van der Waals surface area contributed by atoms with Gasteiger partial charge in [-0.2, -0.15) is 0 Å². The van der Waals surface area contributed by atoms with E-state index in [4.69, 9.17) is 0 Å². The smallest absolute Gasteiger partial charge is 1.00 e. The van der Waals surface area contributed by atoms with E-state index in [0.717, 1.165) is 25.7 Å². The fourth-order valence-corrected chi connectivity index (χ4v) is 1.20. The van der Waals surface area contributed by atoms with Crippen LogP contribution in [0.3, 0.4) is 0 Å². The van der Waals surface area contributed by atoms with Gasteiger partial charge in [0.05, 0.1) is 5.60 Å². The molecule has 1 N–H and O–H groups in total. The van der Waals surface area contributed by atoms with Gasteiger partial charge in [-0.15, -0.1) is 0 Å².